The van der Waals surface area contributed by atoms with Gasteiger partial charge in [0.2, 0.25) is 5.91 Å². The summed E-state index contributed by atoms with van der Waals surface area (Å²) in [5, 5.41) is 0.819. The Morgan fingerprint density at radius 3 is 2.34 bits per heavy atom. The molecule has 1 unspecified atom stereocenters. The van der Waals surface area contributed by atoms with E-state index in [9.17, 15) is 14.0 Å². The minimum Gasteiger partial charge on any atom is -0.294 e. The van der Waals surface area contributed by atoms with Crippen LogP contribution in [0, 0.1) is 11.2 Å². The van der Waals surface area contributed by atoms with Crippen LogP contribution in [0.2, 0.25) is 10.0 Å². The van der Waals surface area contributed by atoms with Gasteiger partial charge in [-0.25, -0.2) is 4.39 Å². The summed E-state index contributed by atoms with van der Waals surface area (Å²) in [5.41, 5.74) is 2.44. The van der Waals surface area contributed by atoms with Gasteiger partial charge in [0.1, 0.15) is 5.82 Å². The summed E-state index contributed by atoms with van der Waals surface area (Å²) in [6.07, 6.45) is 1.13. The fraction of sp³-hybridized carbons (Fsp3) is 0.304. The number of hydrogen-bond acceptors (Lipinski definition) is 2. The highest BCUT2D eigenvalue weighted by atomic mass is 35.5. The van der Waals surface area contributed by atoms with Crippen molar-refractivity contribution in [3.63, 3.8) is 0 Å². The normalized spacial score (nSPS) is 21.4. The molecule has 1 aliphatic heterocycles. The highest BCUT2D eigenvalue weighted by molar-refractivity contribution is 6.42. The molecule has 0 saturated heterocycles. The lowest BCUT2D eigenvalue weighted by atomic mass is 9.69. The van der Waals surface area contributed by atoms with Crippen LogP contribution in [0.5, 0.6) is 0 Å². The van der Waals surface area contributed by atoms with E-state index in [1.54, 1.807) is 29.2 Å². The molecular formula is C23H20Cl2FNO2. The van der Waals surface area contributed by atoms with E-state index >= 15 is 0 Å². The number of allylic oxidation sites excluding steroid dienone is 2. The standard InChI is InChI=1S/C23H20Cl2FNO2/c1-23(2)11-19-22(20(28)12-23)16(13-3-8-17(24)18(25)9-13)10-21(29)27(19)15-6-4-14(26)5-7-15/h3-9,16H,10-12H2,1-2H3. The van der Waals surface area contributed by atoms with E-state index in [0.29, 0.717) is 39.8 Å². The van der Waals surface area contributed by atoms with Crippen molar-refractivity contribution in [2.24, 2.45) is 5.41 Å². The molecule has 0 radical (unpaired) electrons. The first kappa shape index (κ1) is 20.1. The SMILES string of the molecule is CC1(C)CC(=O)C2=C(C1)N(c1ccc(F)cc1)C(=O)CC2c1ccc(Cl)c(Cl)c1. The molecule has 29 heavy (non-hydrogen) atoms. The number of amides is 1. The van der Waals surface area contributed by atoms with Gasteiger partial charge in [-0.3, -0.25) is 14.5 Å². The van der Waals surface area contributed by atoms with Gasteiger partial charge in [-0.15, -0.1) is 0 Å². The van der Waals surface area contributed by atoms with Crippen molar-refractivity contribution in [3.05, 3.63) is 75.2 Å². The van der Waals surface area contributed by atoms with Crippen molar-refractivity contribution in [2.75, 3.05) is 4.90 Å². The lowest BCUT2D eigenvalue weighted by Crippen LogP contribution is -2.43. The number of hydrogen-bond donors (Lipinski definition) is 0. The third-order valence-corrected chi connectivity index (χ3v) is 6.31. The molecule has 3 nitrogen and oxygen atoms in total. The lowest BCUT2D eigenvalue weighted by Gasteiger charge is -2.43. The quantitative estimate of drug-likeness (QED) is 0.559. The molecule has 4 rings (SSSR count). The third kappa shape index (κ3) is 3.72. The van der Waals surface area contributed by atoms with Crippen LogP contribution in [0.25, 0.3) is 0 Å². The molecule has 2 aromatic carbocycles. The number of Topliss-reactive ketones (excluding diaryl/α,β-unsaturated/α-hetero) is 1. The number of rotatable bonds is 2. The Bertz CT molecular complexity index is 1040. The van der Waals surface area contributed by atoms with Crippen LogP contribution in [0.15, 0.2) is 53.7 Å². The maximum Gasteiger partial charge on any atom is 0.232 e. The van der Waals surface area contributed by atoms with Gasteiger partial charge >= 0.3 is 0 Å². The minimum atomic E-state index is -0.374. The van der Waals surface area contributed by atoms with Crippen molar-refractivity contribution in [2.45, 2.75) is 39.0 Å². The van der Waals surface area contributed by atoms with Gasteiger partial charge in [0, 0.05) is 35.7 Å². The van der Waals surface area contributed by atoms with Gasteiger partial charge in [-0.1, -0.05) is 43.1 Å². The molecule has 0 aromatic heterocycles. The van der Waals surface area contributed by atoms with Gasteiger partial charge in [0.15, 0.2) is 5.78 Å². The van der Waals surface area contributed by atoms with Crippen LogP contribution in [0.3, 0.4) is 0 Å². The highest BCUT2D eigenvalue weighted by Crippen LogP contribution is 2.48. The fourth-order valence-electron chi connectivity index (χ4n) is 4.32. The summed E-state index contributed by atoms with van der Waals surface area (Å²) < 4.78 is 13.4. The van der Waals surface area contributed by atoms with E-state index < -0.39 is 0 Å². The number of carbonyl (C=O) groups excluding carboxylic acids is 2. The Morgan fingerprint density at radius 2 is 1.69 bits per heavy atom. The fourth-order valence-corrected chi connectivity index (χ4v) is 4.63. The smallest absolute Gasteiger partial charge is 0.232 e. The van der Waals surface area contributed by atoms with Crippen molar-refractivity contribution >= 4 is 40.6 Å². The number of halogens is 3. The zero-order valence-corrected chi connectivity index (χ0v) is 17.6. The number of carbonyl (C=O) groups is 2. The van der Waals surface area contributed by atoms with E-state index in [2.05, 4.69) is 0 Å². The molecule has 1 atom stereocenters. The molecule has 2 aliphatic rings. The Hall–Kier alpha value is -2.17. The number of ketones is 1. The van der Waals surface area contributed by atoms with Crippen LogP contribution >= 0.6 is 23.2 Å². The van der Waals surface area contributed by atoms with E-state index in [0.717, 1.165) is 5.56 Å². The van der Waals surface area contributed by atoms with E-state index in [1.807, 2.05) is 19.9 Å². The number of anilines is 1. The van der Waals surface area contributed by atoms with Crippen molar-refractivity contribution in [1.82, 2.24) is 0 Å². The van der Waals surface area contributed by atoms with Crippen LogP contribution in [-0.4, -0.2) is 11.7 Å². The topological polar surface area (TPSA) is 37.4 Å². The maximum absolute atomic E-state index is 13.4. The molecule has 1 aliphatic carbocycles. The van der Waals surface area contributed by atoms with Gasteiger partial charge < -0.3 is 0 Å². The second kappa shape index (κ2) is 7.26. The van der Waals surface area contributed by atoms with Crippen LogP contribution in [0.1, 0.15) is 44.6 Å². The van der Waals surface area contributed by atoms with Crippen molar-refractivity contribution in [3.8, 4) is 0 Å². The molecule has 6 heteroatoms. The molecule has 0 saturated carbocycles. The first-order valence-corrected chi connectivity index (χ1v) is 10.2. The predicted molar refractivity (Wildman–Crippen MR) is 113 cm³/mol. The van der Waals surface area contributed by atoms with Crippen LogP contribution < -0.4 is 4.90 Å². The average Bonchev–Trinajstić information content (AvgIpc) is 2.63. The summed E-state index contributed by atoms with van der Waals surface area (Å²) in [5.74, 6) is -0.836. The lowest BCUT2D eigenvalue weighted by molar-refractivity contribution is -0.121. The summed E-state index contributed by atoms with van der Waals surface area (Å²) >= 11 is 12.3. The first-order valence-electron chi connectivity index (χ1n) is 9.46. The summed E-state index contributed by atoms with van der Waals surface area (Å²) in [4.78, 5) is 28.0. The predicted octanol–water partition coefficient (Wildman–Crippen LogP) is 6.30. The van der Waals surface area contributed by atoms with Gasteiger partial charge in [0.05, 0.1) is 10.0 Å². The van der Waals surface area contributed by atoms with Gasteiger partial charge in [-0.2, -0.15) is 0 Å². The van der Waals surface area contributed by atoms with E-state index in [4.69, 9.17) is 23.2 Å². The molecular weight excluding hydrogens is 412 g/mol. The number of benzene rings is 2. The molecule has 0 bridgehead atoms. The summed E-state index contributed by atoms with van der Waals surface area (Å²) in [7, 11) is 0. The molecule has 0 spiro atoms. The third-order valence-electron chi connectivity index (χ3n) is 5.57. The van der Waals surface area contributed by atoms with Gasteiger partial charge in [0.25, 0.3) is 0 Å². The molecule has 0 fully saturated rings. The Morgan fingerprint density at radius 1 is 1.00 bits per heavy atom. The largest absolute Gasteiger partial charge is 0.294 e. The van der Waals surface area contributed by atoms with Crippen LogP contribution in [0.4, 0.5) is 10.1 Å². The van der Waals surface area contributed by atoms with Crippen molar-refractivity contribution < 1.29 is 14.0 Å². The van der Waals surface area contributed by atoms with Crippen LogP contribution in [-0.2, 0) is 9.59 Å². The molecule has 2 aromatic rings. The number of nitrogens with zero attached hydrogens (tertiary/aromatic N) is 1. The van der Waals surface area contributed by atoms with E-state index in [-0.39, 0.29) is 35.3 Å². The molecule has 150 valence electrons. The highest BCUT2D eigenvalue weighted by Gasteiger charge is 2.44. The Balaban J connectivity index is 1.89. The van der Waals surface area contributed by atoms with Gasteiger partial charge in [-0.05, 0) is 53.8 Å². The monoisotopic (exact) mass is 431 g/mol. The maximum atomic E-state index is 13.4. The average molecular weight is 432 g/mol. The molecule has 0 N–H and O–H groups in total. The van der Waals surface area contributed by atoms with E-state index in [1.165, 1.54) is 12.1 Å². The molecule has 1 heterocycles. The molecule has 1 amide bonds. The Kier molecular flexibility index (Phi) is 5.04. The second-order valence-corrected chi connectivity index (χ2v) is 9.25. The first-order chi connectivity index (χ1) is 13.7. The zero-order chi connectivity index (χ0) is 20.9. The van der Waals surface area contributed by atoms with Crippen molar-refractivity contribution in [1.29, 1.82) is 0 Å². The summed E-state index contributed by atoms with van der Waals surface area (Å²) in [6.45, 7) is 4.04. The second-order valence-electron chi connectivity index (χ2n) is 8.44. The Labute approximate surface area is 179 Å². The minimum absolute atomic E-state index is 0.0342. The summed E-state index contributed by atoms with van der Waals surface area (Å²) in [6, 6.07) is 11.0. The zero-order valence-electron chi connectivity index (χ0n) is 16.1.